The van der Waals surface area contributed by atoms with Gasteiger partial charge in [-0.05, 0) is 31.3 Å². The third-order valence-corrected chi connectivity index (χ3v) is 3.80. The van der Waals surface area contributed by atoms with Crippen molar-refractivity contribution in [1.82, 2.24) is 4.90 Å². The molecule has 0 aromatic carbocycles. The molecule has 4 nitrogen and oxygen atoms in total. The van der Waals surface area contributed by atoms with E-state index in [1.54, 1.807) is 0 Å². The third kappa shape index (κ3) is 4.10. The molecule has 0 saturated carbocycles. The van der Waals surface area contributed by atoms with Crippen molar-refractivity contribution < 1.29 is 15.0 Å². The number of nitrogens with zero attached hydrogens (tertiary/aromatic N) is 1. The molecule has 1 saturated heterocycles. The second-order valence-corrected chi connectivity index (χ2v) is 5.22. The average molecular weight is 229 g/mol. The molecule has 94 valence electrons. The molecule has 0 aromatic heterocycles. The first-order chi connectivity index (χ1) is 7.45. The van der Waals surface area contributed by atoms with Crippen LogP contribution in [0.2, 0.25) is 0 Å². The standard InChI is InChI=1S/C12H23NO3/c1-3-12(2)4-6-13(7-5-12)9-10(14)8-11(15)16/h10,14H,3-9H2,1-2H3,(H,15,16). The Bertz CT molecular complexity index is 234. The number of aliphatic carboxylic acids is 1. The van der Waals surface area contributed by atoms with E-state index >= 15 is 0 Å². The van der Waals surface area contributed by atoms with Crippen molar-refractivity contribution in [3.63, 3.8) is 0 Å². The predicted molar refractivity (Wildman–Crippen MR) is 62.3 cm³/mol. The van der Waals surface area contributed by atoms with Crippen LogP contribution in [0.1, 0.15) is 39.5 Å². The highest BCUT2D eigenvalue weighted by atomic mass is 16.4. The second kappa shape index (κ2) is 5.64. The number of hydrogen-bond donors (Lipinski definition) is 2. The summed E-state index contributed by atoms with van der Waals surface area (Å²) in [6, 6.07) is 0. The Hall–Kier alpha value is -0.610. The first kappa shape index (κ1) is 13.5. The lowest BCUT2D eigenvalue weighted by atomic mass is 9.78. The van der Waals surface area contributed by atoms with Gasteiger partial charge >= 0.3 is 5.97 Å². The maximum Gasteiger partial charge on any atom is 0.306 e. The molecule has 0 spiro atoms. The third-order valence-electron chi connectivity index (χ3n) is 3.80. The van der Waals surface area contributed by atoms with Crippen molar-refractivity contribution in [2.24, 2.45) is 5.41 Å². The topological polar surface area (TPSA) is 60.8 Å². The number of piperidine rings is 1. The molecular weight excluding hydrogens is 206 g/mol. The van der Waals surface area contributed by atoms with Gasteiger partial charge in [-0.3, -0.25) is 4.79 Å². The van der Waals surface area contributed by atoms with Crippen LogP contribution in [0, 0.1) is 5.41 Å². The molecule has 1 atom stereocenters. The van der Waals surface area contributed by atoms with Gasteiger partial charge in [0.05, 0.1) is 12.5 Å². The molecule has 0 radical (unpaired) electrons. The van der Waals surface area contributed by atoms with Crippen LogP contribution in [0.5, 0.6) is 0 Å². The summed E-state index contributed by atoms with van der Waals surface area (Å²) in [5, 5.41) is 18.1. The zero-order valence-electron chi connectivity index (χ0n) is 10.3. The number of hydrogen-bond acceptors (Lipinski definition) is 3. The maximum atomic E-state index is 10.4. The first-order valence-corrected chi connectivity index (χ1v) is 6.07. The molecule has 16 heavy (non-hydrogen) atoms. The Kier molecular flexibility index (Phi) is 4.74. The first-order valence-electron chi connectivity index (χ1n) is 6.07. The van der Waals surface area contributed by atoms with Gasteiger partial charge in [0.25, 0.3) is 0 Å². The lowest BCUT2D eigenvalue weighted by Gasteiger charge is -2.39. The van der Waals surface area contributed by atoms with Crippen molar-refractivity contribution >= 4 is 5.97 Å². The van der Waals surface area contributed by atoms with E-state index in [-0.39, 0.29) is 6.42 Å². The quantitative estimate of drug-likeness (QED) is 0.746. The van der Waals surface area contributed by atoms with E-state index in [2.05, 4.69) is 18.7 Å². The van der Waals surface area contributed by atoms with Crippen molar-refractivity contribution in [2.75, 3.05) is 19.6 Å². The summed E-state index contributed by atoms with van der Waals surface area (Å²) in [6.07, 6.45) is 2.59. The molecule has 1 unspecified atom stereocenters. The number of carboxylic acids is 1. The zero-order chi connectivity index (χ0) is 12.2. The van der Waals surface area contributed by atoms with Gasteiger partial charge in [-0.2, -0.15) is 0 Å². The van der Waals surface area contributed by atoms with E-state index in [9.17, 15) is 9.90 Å². The fourth-order valence-corrected chi connectivity index (χ4v) is 2.19. The Labute approximate surface area is 97.3 Å². The van der Waals surface area contributed by atoms with E-state index in [1.165, 1.54) is 6.42 Å². The average Bonchev–Trinajstić information content (AvgIpc) is 2.21. The van der Waals surface area contributed by atoms with E-state index in [0.29, 0.717) is 12.0 Å². The number of β-amino-alcohol motifs (C(OH)–C–C–N with tert-alkyl or cyclic N) is 1. The van der Waals surface area contributed by atoms with Crippen LogP contribution in [0.4, 0.5) is 0 Å². The molecule has 1 aliphatic rings. The second-order valence-electron chi connectivity index (χ2n) is 5.22. The summed E-state index contributed by atoms with van der Waals surface area (Å²) in [7, 11) is 0. The van der Waals surface area contributed by atoms with Crippen LogP contribution < -0.4 is 0 Å². The van der Waals surface area contributed by atoms with Gasteiger partial charge in [0.1, 0.15) is 0 Å². The van der Waals surface area contributed by atoms with Gasteiger partial charge in [-0.1, -0.05) is 20.3 Å². The molecule has 0 amide bonds. The van der Waals surface area contributed by atoms with Gasteiger partial charge < -0.3 is 15.1 Å². The molecule has 1 rings (SSSR count). The molecule has 2 N–H and O–H groups in total. The SMILES string of the molecule is CCC1(C)CCN(CC(O)CC(=O)O)CC1. The highest BCUT2D eigenvalue weighted by Crippen LogP contribution is 2.33. The molecule has 0 aromatic rings. The molecule has 4 heteroatoms. The van der Waals surface area contributed by atoms with Gasteiger partial charge in [0.15, 0.2) is 0 Å². The molecule has 1 fully saturated rings. The monoisotopic (exact) mass is 229 g/mol. The normalized spacial score (nSPS) is 22.9. The van der Waals surface area contributed by atoms with Crippen LogP contribution >= 0.6 is 0 Å². The molecular formula is C12H23NO3. The van der Waals surface area contributed by atoms with Gasteiger partial charge in [0.2, 0.25) is 0 Å². The van der Waals surface area contributed by atoms with Crippen molar-refractivity contribution in [2.45, 2.75) is 45.6 Å². The highest BCUT2D eigenvalue weighted by molar-refractivity contribution is 5.67. The Morgan fingerprint density at radius 2 is 2.00 bits per heavy atom. The summed E-state index contributed by atoms with van der Waals surface area (Å²) in [5.41, 5.74) is 0.439. The van der Waals surface area contributed by atoms with Crippen molar-refractivity contribution in [3.05, 3.63) is 0 Å². The summed E-state index contributed by atoms with van der Waals surface area (Å²) in [6.45, 7) is 6.96. The van der Waals surface area contributed by atoms with Crippen LogP contribution in [-0.2, 0) is 4.79 Å². The smallest absolute Gasteiger partial charge is 0.306 e. The summed E-state index contributed by atoms with van der Waals surface area (Å²) < 4.78 is 0. The number of likely N-dealkylation sites (tertiary alicyclic amines) is 1. The van der Waals surface area contributed by atoms with E-state index in [1.807, 2.05) is 0 Å². The summed E-state index contributed by atoms with van der Waals surface area (Å²) >= 11 is 0. The number of aliphatic hydroxyl groups excluding tert-OH is 1. The summed E-state index contributed by atoms with van der Waals surface area (Å²) in [5.74, 6) is -0.928. The van der Waals surface area contributed by atoms with Gasteiger partial charge in [-0.15, -0.1) is 0 Å². The Balaban J connectivity index is 2.29. The van der Waals surface area contributed by atoms with E-state index in [0.717, 1.165) is 25.9 Å². The minimum absolute atomic E-state index is 0.151. The minimum atomic E-state index is -0.928. The Morgan fingerprint density at radius 1 is 1.44 bits per heavy atom. The van der Waals surface area contributed by atoms with Crippen LogP contribution in [-0.4, -0.2) is 46.8 Å². The Morgan fingerprint density at radius 3 is 2.44 bits per heavy atom. The number of aliphatic hydroxyl groups is 1. The molecule has 1 heterocycles. The largest absolute Gasteiger partial charge is 0.481 e. The highest BCUT2D eigenvalue weighted by Gasteiger charge is 2.29. The van der Waals surface area contributed by atoms with Crippen LogP contribution in [0.15, 0.2) is 0 Å². The molecule has 0 bridgehead atoms. The van der Waals surface area contributed by atoms with Gasteiger partial charge in [0, 0.05) is 6.54 Å². The van der Waals surface area contributed by atoms with Gasteiger partial charge in [-0.25, -0.2) is 0 Å². The molecule has 1 aliphatic heterocycles. The van der Waals surface area contributed by atoms with Crippen molar-refractivity contribution in [3.8, 4) is 0 Å². The lowest BCUT2D eigenvalue weighted by Crippen LogP contribution is -2.42. The van der Waals surface area contributed by atoms with E-state index < -0.39 is 12.1 Å². The minimum Gasteiger partial charge on any atom is -0.481 e. The maximum absolute atomic E-state index is 10.4. The lowest BCUT2D eigenvalue weighted by molar-refractivity contribution is -0.139. The van der Waals surface area contributed by atoms with Crippen molar-refractivity contribution in [1.29, 1.82) is 0 Å². The summed E-state index contributed by atoms with van der Waals surface area (Å²) in [4.78, 5) is 12.6. The van der Waals surface area contributed by atoms with Crippen LogP contribution in [0.3, 0.4) is 0 Å². The van der Waals surface area contributed by atoms with Crippen LogP contribution in [0.25, 0.3) is 0 Å². The number of rotatable bonds is 5. The molecule has 0 aliphatic carbocycles. The fraction of sp³-hybridized carbons (Fsp3) is 0.917. The fourth-order valence-electron chi connectivity index (χ4n) is 2.19. The number of carbonyl (C=O) groups is 1. The zero-order valence-corrected chi connectivity index (χ0v) is 10.3. The predicted octanol–water partition coefficient (Wildman–Crippen LogP) is 1.33. The van der Waals surface area contributed by atoms with E-state index in [4.69, 9.17) is 5.11 Å². The number of carboxylic acid groups (broad SMARTS) is 1.